The second kappa shape index (κ2) is 8.29. The highest BCUT2D eigenvalue weighted by Crippen LogP contribution is 2.28. The van der Waals surface area contributed by atoms with E-state index in [1.54, 1.807) is 17.0 Å². The topological polar surface area (TPSA) is 75.7 Å². The lowest BCUT2D eigenvalue weighted by atomic mass is 10.1. The Bertz CT molecular complexity index is 987. The summed E-state index contributed by atoms with van der Waals surface area (Å²) >= 11 is 12.0. The van der Waals surface area contributed by atoms with Crippen LogP contribution in [-0.2, 0) is 14.8 Å². The average molecular weight is 443 g/mol. The van der Waals surface area contributed by atoms with E-state index in [2.05, 4.69) is 4.72 Å². The zero-order chi connectivity index (χ0) is 20.5. The lowest BCUT2D eigenvalue weighted by Gasteiger charge is -2.35. The van der Waals surface area contributed by atoms with Gasteiger partial charge in [0.25, 0.3) is 15.9 Å². The molecule has 1 saturated heterocycles. The second-order valence-electron chi connectivity index (χ2n) is 6.72. The minimum absolute atomic E-state index is 0.0382. The number of nitrogens with zero attached hydrogens (tertiary/aromatic N) is 1. The standard InChI is InChI=1S/C19H20Cl2N2O4S/c1-12-10-23(11-13(2)27-12)19(24)14-4-3-5-16(8-14)28(25,26)22-18-9-15(20)6-7-17(18)21/h3-9,12-13,22H,10-11H2,1-2H3/t12-,13-/m0/s1. The van der Waals surface area contributed by atoms with Crippen molar-refractivity contribution >= 4 is 44.8 Å². The minimum atomic E-state index is -3.95. The van der Waals surface area contributed by atoms with Gasteiger partial charge in [-0.15, -0.1) is 0 Å². The molecule has 0 radical (unpaired) electrons. The maximum absolute atomic E-state index is 12.8. The van der Waals surface area contributed by atoms with E-state index in [0.29, 0.717) is 23.7 Å². The van der Waals surface area contributed by atoms with Crippen molar-refractivity contribution in [3.8, 4) is 0 Å². The number of anilines is 1. The quantitative estimate of drug-likeness (QED) is 0.774. The molecule has 150 valence electrons. The molecule has 9 heteroatoms. The maximum Gasteiger partial charge on any atom is 0.261 e. The minimum Gasteiger partial charge on any atom is -0.372 e. The summed E-state index contributed by atoms with van der Waals surface area (Å²) in [7, 11) is -3.95. The van der Waals surface area contributed by atoms with Crippen molar-refractivity contribution < 1.29 is 17.9 Å². The zero-order valence-corrected chi connectivity index (χ0v) is 17.7. The van der Waals surface area contributed by atoms with Crippen molar-refractivity contribution in [2.24, 2.45) is 0 Å². The first-order valence-corrected chi connectivity index (χ1v) is 10.9. The van der Waals surface area contributed by atoms with Crippen molar-refractivity contribution in [1.82, 2.24) is 4.90 Å². The summed E-state index contributed by atoms with van der Waals surface area (Å²) in [6.07, 6.45) is -0.155. The van der Waals surface area contributed by atoms with Gasteiger partial charge in [-0.1, -0.05) is 29.3 Å². The molecule has 1 fully saturated rings. The molecule has 1 aliphatic heterocycles. The number of nitrogens with one attached hydrogen (secondary N) is 1. The van der Waals surface area contributed by atoms with Crippen LogP contribution in [0.2, 0.25) is 10.0 Å². The molecule has 0 aromatic heterocycles. The van der Waals surface area contributed by atoms with E-state index in [1.807, 2.05) is 13.8 Å². The van der Waals surface area contributed by atoms with E-state index in [1.165, 1.54) is 30.3 Å². The molecule has 0 saturated carbocycles. The molecule has 0 spiro atoms. The number of sulfonamides is 1. The van der Waals surface area contributed by atoms with Gasteiger partial charge < -0.3 is 9.64 Å². The summed E-state index contributed by atoms with van der Waals surface area (Å²) in [4.78, 5) is 14.5. The van der Waals surface area contributed by atoms with E-state index in [9.17, 15) is 13.2 Å². The van der Waals surface area contributed by atoms with Crippen molar-refractivity contribution in [2.45, 2.75) is 31.0 Å². The molecule has 1 aliphatic rings. The number of hydrogen-bond acceptors (Lipinski definition) is 4. The number of ether oxygens (including phenoxy) is 1. The van der Waals surface area contributed by atoms with Crippen LogP contribution in [0.4, 0.5) is 5.69 Å². The number of morpholine rings is 1. The number of benzene rings is 2. The Kier molecular flexibility index (Phi) is 6.19. The predicted molar refractivity (Wildman–Crippen MR) is 110 cm³/mol. The molecule has 2 aromatic rings. The van der Waals surface area contributed by atoms with Gasteiger partial charge in [0.15, 0.2) is 0 Å². The molecule has 3 rings (SSSR count). The second-order valence-corrected chi connectivity index (χ2v) is 9.25. The van der Waals surface area contributed by atoms with Gasteiger partial charge in [-0.2, -0.15) is 0 Å². The summed E-state index contributed by atoms with van der Waals surface area (Å²) in [5, 5.41) is 0.568. The smallest absolute Gasteiger partial charge is 0.261 e. The molecule has 1 N–H and O–H groups in total. The van der Waals surface area contributed by atoms with E-state index < -0.39 is 10.0 Å². The van der Waals surface area contributed by atoms with E-state index in [4.69, 9.17) is 27.9 Å². The van der Waals surface area contributed by atoms with Crippen LogP contribution in [0.25, 0.3) is 0 Å². The van der Waals surface area contributed by atoms with Gasteiger partial charge in [0.2, 0.25) is 0 Å². The Morgan fingerprint density at radius 1 is 1.11 bits per heavy atom. The number of halogens is 2. The molecule has 1 heterocycles. The Balaban J connectivity index is 1.85. The fraction of sp³-hybridized carbons (Fsp3) is 0.316. The Morgan fingerprint density at radius 3 is 2.46 bits per heavy atom. The highest BCUT2D eigenvalue weighted by atomic mass is 35.5. The third-order valence-corrected chi connectivity index (χ3v) is 6.20. The van der Waals surface area contributed by atoms with Gasteiger partial charge in [-0.25, -0.2) is 8.42 Å². The molecule has 2 atom stereocenters. The van der Waals surface area contributed by atoms with Crippen molar-refractivity contribution in [3.63, 3.8) is 0 Å². The first-order valence-electron chi connectivity index (χ1n) is 8.68. The predicted octanol–water partition coefficient (Wildman–Crippen LogP) is 4.04. The number of carbonyl (C=O) groups is 1. The largest absolute Gasteiger partial charge is 0.372 e. The molecule has 28 heavy (non-hydrogen) atoms. The summed E-state index contributed by atoms with van der Waals surface area (Å²) < 4.78 is 33.6. The zero-order valence-electron chi connectivity index (χ0n) is 15.4. The van der Waals surface area contributed by atoms with Crippen LogP contribution in [0.3, 0.4) is 0 Å². The van der Waals surface area contributed by atoms with E-state index in [-0.39, 0.29) is 33.7 Å². The Labute approximate surface area is 174 Å². The van der Waals surface area contributed by atoms with Crippen LogP contribution in [0.1, 0.15) is 24.2 Å². The first kappa shape index (κ1) is 20.9. The summed E-state index contributed by atoms with van der Waals surface area (Å²) in [6.45, 7) is 4.71. The van der Waals surface area contributed by atoms with Crippen molar-refractivity contribution in [1.29, 1.82) is 0 Å². The van der Waals surface area contributed by atoms with E-state index >= 15 is 0 Å². The van der Waals surface area contributed by atoms with Gasteiger partial charge >= 0.3 is 0 Å². The molecule has 0 bridgehead atoms. The van der Waals surface area contributed by atoms with Gasteiger partial charge in [0.1, 0.15) is 0 Å². The molecule has 1 amide bonds. The number of hydrogen-bond donors (Lipinski definition) is 1. The molecule has 0 unspecified atom stereocenters. The van der Waals surface area contributed by atoms with Crippen LogP contribution in [0.15, 0.2) is 47.4 Å². The summed E-state index contributed by atoms with van der Waals surface area (Å²) in [6, 6.07) is 10.4. The van der Waals surface area contributed by atoms with E-state index in [0.717, 1.165) is 0 Å². The summed E-state index contributed by atoms with van der Waals surface area (Å²) in [5.41, 5.74) is 0.461. The van der Waals surface area contributed by atoms with Gasteiger partial charge in [0.05, 0.1) is 27.8 Å². The fourth-order valence-corrected chi connectivity index (χ4v) is 4.61. The van der Waals surface area contributed by atoms with Crippen molar-refractivity contribution in [3.05, 3.63) is 58.1 Å². The lowest BCUT2D eigenvalue weighted by Crippen LogP contribution is -2.48. The average Bonchev–Trinajstić information content (AvgIpc) is 2.63. The Morgan fingerprint density at radius 2 is 1.79 bits per heavy atom. The number of carbonyl (C=O) groups excluding carboxylic acids is 1. The number of rotatable bonds is 4. The van der Waals surface area contributed by atoms with Crippen LogP contribution in [0, 0.1) is 0 Å². The van der Waals surface area contributed by atoms with Crippen molar-refractivity contribution in [2.75, 3.05) is 17.8 Å². The highest BCUT2D eigenvalue weighted by molar-refractivity contribution is 7.92. The Hall–Kier alpha value is -1.80. The fourth-order valence-electron chi connectivity index (χ4n) is 3.10. The third-order valence-electron chi connectivity index (χ3n) is 4.27. The summed E-state index contributed by atoms with van der Waals surface area (Å²) in [5.74, 6) is -0.236. The third kappa shape index (κ3) is 4.78. The van der Waals surface area contributed by atoms with Crippen LogP contribution in [-0.4, -0.2) is 44.5 Å². The molecule has 0 aliphatic carbocycles. The lowest BCUT2D eigenvalue weighted by molar-refractivity contribution is -0.0586. The molecule has 6 nitrogen and oxygen atoms in total. The molecular formula is C19H20Cl2N2O4S. The molecular weight excluding hydrogens is 423 g/mol. The first-order chi connectivity index (χ1) is 13.2. The normalized spacial score (nSPS) is 20.1. The monoisotopic (exact) mass is 442 g/mol. The highest BCUT2D eigenvalue weighted by Gasteiger charge is 2.27. The SMILES string of the molecule is C[C@H]1CN(C(=O)c2cccc(S(=O)(=O)Nc3cc(Cl)ccc3Cl)c2)C[C@H](C)O1. The van der Waals surface area contributed by atoms with Gasteiger partial charge in [-0.05, 0) is 50.2 Å². The van der Waals surface area contributed by atoms with Crippen LogP contribution in [0.5, 0.6) is 0 Å². The number of amides is 1. The van der Waals surface area contributed by atoms with Gasteiger partial charge in [-0.3, -0.25) is 9.52 Å². The van der Waals surface area contributed by atoms with Crippen LogP contribution < -0.4 is 4.72 Å². The maximum atomic E-state index is 12.8. The molecule has 2 aromatic carbocycles. The van der Waals surface area contributed by atoms with Crippen LogP contribution >= 0.6 is 23.2 Å². The van der Waals surface area contributed by atoms with Gasteiger partial charge in [0, 0.05) is 23.7 Å².